The van der Waals surface area contributed by atoms with Crippen molar-refractivity contribution in [2.75, 3.05) is 78.9 Å². The van der Waals surface area contributed by atoms with Gasteiger partial charge in [0.05, 0.1) is 62.2 Å². The Morgan fingerprint density at radius 2 is 0.465 bits per heavy atom. The number of anilines is 4. The SMILES string of the molecule is CCCOc1c2cc(NC(=O)CP(=O)(c3ccccc3)c3ccccc3)cc1Cc1cc(NC(=O)CP(=O)(c3ccccc3)c3ccccc3)cc(c1OCCC)Cc1cc(NC(=O)CP(=O)(c3ccccc3)c3ccccc3)cc(c1OCCCCCN1C(=O)c3ccccc3C1=O)Cc1cc(NC(=O)CP(=O)(c3ccccc3)c3ccccc3)cc(c1OCCC)C2. The lowest BCUT2D eigenvalue weighted by atomic mass is 9.90. The molecule has 19 nitrogen and oxygen atoms in total. The van der Waals surface area contributed by atoms with Crippen molar-refractivity contribution in [2.24, 2.45) is 0 Å². The second-order valence-corrected chi connectivity index (χ2v) is 43.7. The Morgan fingerprint density at radius 3 is 0.667 bits per heavy atom. The van der Waals surface area contributed by atoms with Crippen LogP contribution in [0.2, 0.25) is 0 Å². The number of carbonyl (C=O) groups is 6. The highest BCUT2D eigenvalue weighted by atomic mass is 31.2. The largest absolute Gasteiger partial charge is 0.493 e. The van der Waals surface area contributed by atoms with Crippen molar-refractivity contribution in [3.8, 4) is 23.0 Å². The summed E-state index contributed by atoms with van der Waals surface area (Å²) in [6, 6.07) is 93.1. The molecule has 1 aliphatic heterocycles. The number of unbranched alkanes of at least 4 members (excludes halogenated alkanes) is 2. The Balaban J connectivity index is 0.942. The van der Waals surface area contributed by atoms with Crippen molar-refractivity contribution in [2.45, 2.75) is 85.0 Å². The monoisotopic (exact) mass is 1790 g/mol. The molecule has 13 aromatic rings. The van der Waals surface area contributed by atoms with Crippen molar-refractivity contribution in [3.63, 3.8) is 0 Å². The third kappa shape index (κ3) is 21.2. The van der Waals surface area contributed by atoms with Gasteiger partial charge in [-0.15, -0.1) is 0 Å². The van der Waals surface area contributed by atoms with E-state index in [9.17, 15) is 9.59 Å². The number of hydrogen-bond donors (Lipinski definition) is 4. The van der Waals surface area contributed by atoms with Crippen LogP contribution < -0.4 is 82.7 Å². The van der Waals surface area contributed by atoms with E-state index in [1.807, 2.05) is 118 Å². The van der Waals surface area contributed by atoms with Crippen LogP contribution in [-0.2, 0) is 63.1 Å². The number of fused-ring (bicyclic) bond motifs is 9. The highest BCUT2D eigenvalue weighted by Crippen LogP contribution is 2.50. The van der Waals surface area contributed by atoms with E-state index in [2.05, 4.69) is 21.3 Å². The minimum Gasteiger partial charge on any atom is -0.493 e. The van der Waals surface area contributed by atoms with Crippen LogP contribution in [0.3, 0.4) is 0 Å². The van der Waals surface area contributed by atoms with Gasteiger partial charge < -0.3 is 58.5 Å². The molecule has 15 rings (SSSR count). The van der Waals surface area contributed by atoms with Crippen molar-refractivity contribution >= 4 is 129 Å². The van der Waals surface area contributed by atoms with Crippen LogP contribution in [0.1, 0.15) is 125 Å². The molecule has 6 amide bonds. The third-order valence-electron chi connectivity index (χ3n) is 23.0. The minimum absolute atomic E-state index is 0.0116. The first-order valence-electron chi connectivity index (χ1n) is 43.8. The van der Waals surface area contributed by atoms with Gasteiger partial charge in [0.2, 0.25) is 23.6 Å². The molecule has 23 heteroatoms. The lowest BCUT2D eigenvalue weighted by Gasteiger charge is -2.25. The number of nitrogens with one attached hydrogen (secondary N) is 4. The molecule has 8 bridgehead atoms. The number of imide groups is 1. The Labute approximate surface area is 753 Å². The van der Waals surface area contributed by atoms with Gasteiger partial charge in [-0.2, -0.15) is 0 Å². The first kappa shape index (κ1) is 90.8. The van der Waals surface area contributed by atoms with Crippen molar-refractivity contribution in [1.82, 2.24) is 4.90 Å². The van der Waals surface area contributed by atoms with Crippen molar-refractivity contribution in [3.05, 3.63) is 371 Å². The molecule has 0 aromatic heterocycles. The molecule has 2 aliphatic rings. The average Bonchev–Trinajstić information content (AvgIpc) is 1.61. The zero-order chi connectivity index (χ0) is 89.9. The van der Waals surface area contributed by atoms with Gasteiger partial charge in [-0.05, 0) is 99.2 Å². The standard InChI is InChI=1S/C106H103N5O14P4/c1-4-55-122-101-75-59-77-65-84(108-98(113)72-127(119,89-40-20-9-21-41-89)90-42-22-10-23-43-90)67-79(102(77)123-56-5-2)61-81-69-86(110-100(115)74-129(121,93-48-28-13-29-49-93)94-50-30-14-31-51-94)70-82(104(81)125-58-35-15-34-54-111-105(116)95-52-32-33-53-96(95)106(111)117)62-80-68-85(109-99(114)73-128(120,91-44-24-11-25-45-91)92-46-26-12-27-47-92)66-78(103(80)124-57-6-3)60-76(101)64-83(63-75)107-97(112)71-126(118,87-36-16-7-17-37-87)88-38-18-8-19-39-88/h7-14,16-33,36-53,63-70H,4-6,15,34-35,54-62,71-74H2,1-3H3,(H,107,112)(H,108,113)(H,109,114)(H,110,115). The third-order valence-corrected chi connectivity index (χ3v) is 35.0. The molecular weight excluding hydrogens is 1690 g/mol. The maximum Gasteiger partial charge on any atom is 0.261 e. The summed E-state index contributed by atoms with van der Waals surface area (Å²) in [5.41, 5.74) is 6.14. The second-order valence-electron chi connectivity index (χ2n) is 32.4. The van der Waals surface area contributed by atoms with E-state index in [1.54, 1.807) is 218 Å². The van der Waals surface area contributed by atoms with E-state index >= 15 is 37.4 Å². The average molecular weight is 1790 g/mol. The number of amides is 6. The quantitative estimate of drug-likeness (QED) is 0.0162. The van der Waals surface area contributed by atoms with E-state index < -0.39 is 76.8 Å². The van der Waals surface area contributed by atoms with Crippen LogP contribution in [0.15, 0.2) is 315 Å². The summed E-state index contributed by atoms with van der Waals surface area (Å²) in [6.45, 7) is 6.84. The number of benzene rings is 13. The first-order chi connectivity index (χ1) is 62.7. The molecule has 0 radical (unpaired) electrons. The predicted octanol–water partition coefficient (Wildman–Crippen LogP) is 18.4. The molecular formula is C106H103N5O14P4. The normalized spacial score (nSPS) is 12.6. The van der Waals surface area contributed by atoms with Crippen LogP contribution in [0, 0.1) is 0 Å². The maximum absolute atomic E-state index is 16.0. The van der Waals surface area contributed by atoms with E-state index in [1.165, 1.54) is 4.90 Å². The van der Waals surface area contributed by atoms with E-state index in [4.69, 9.17) is 18.9 Å². The van der Waals surface area contributed by atoms with Crippen LogP contribution in [0.4, 0.5) is 22.7 Å². The van der Waals surface area contributed by atoms with Gasteiger partial charge in [-0.25, -0.2) is 0 Å². The van der Waals surface area contributed by atoms with Gasteiger partial charge in [-0.3, -0.25) is 33.7 Å². The Bertz CT molecular complexity index is 6000. The van der Waals surface area contributed by atoms with E-state index in [0.29, 0.717) is 177 Å². The molecule has 0 atom stereocenters. The topological polar surface area (TPSA) is 259 Å². The number of nitrogens with zero attached hydrogens (tertiary/aromatic N) is 1. The van der Waals surface area contributed by atoms with Crippen LogP contribution in [0.25, 0.3) is 0 Å². The molecule has 129 heavy (non-hydrogen) atoms. The number of carbonyl (C=O) groups excluding carboxylic acids is 6. The molecule has 0 fully saturated rings. The van der Waals surface area contributed by atoms with Crippen LogP contribution >= 0.6 is 28.6 Å². The molecule has 1 aliphatic carbocycles. The Morgan fingerprint density at radius 1 is 0.271 bits per heavy atom. The lowest BCUT2D eigenvalue weighted by Crippen LogP contribution is -2.30. The Hall–Kier alpha value is -13.0. The summed E-state index contributed by atoms with van der Waals surface area (Å²) in [6.07, 6.45) is 1.20. The van der Waals surface area contributed by atoms with Crippen LogP contribution in [-0.4, -0.2) is 98.0 Å². The van der Waals surface area contributed by atoms with Crippen molar-refractivity contribution in [1.29, 1.82) is 0 Å². The summed E-state index contributed by atoms with van der Waals surface area (Å²) in [4.78, 5) is 90.6. The van der Waals surface area contributed by atoms with Crippen molar-refractivity contribution < 1.29 is 66.0 Å². The van der Waals surface area contributed by atoms with Gasteiger partial charge in [0.15, 0.2) is 28.6 Å². The van der Waals surface area contributed by atoms with Crippen LogP contribution in [0.5, 0.6) is 23.0 Å². The molecule has 0 saturated carbocycles. The second kappa shape index (κ2) is 41.8. The summed E-state index contributed by atoms with van der Waals surface area (Å²) in [5.74, 6) is -1.32. The van der Waals surface area contributed by atoms with E-state index in [-0.39, 0.29) is 76.2 Å². The molecule has 0 spiro atoms. The zero-order valence-electron chi connectivity index (χ0n) is 72.4. The fourth-order valence-corrected chi connectivity index (χ4v) is 26.8. The summed E-state index contributed by atoms with van der Waals surface area (Å²) >= 11 is 0. The predicted molar refractivity (Wildman–Crippen MR) is 519 cm³/mol. The Kier molecular flexibility index (Phi) is 29.4. The molecule has 4 N–H and O–H groups in total. The number of ether oxygens (including phenoxy) is 4. The highest BCUT2D eigenvalue weighted by Gasteiger charge is 2.38. The van der Waals surface area contributed by atoms with Gasteiger partial charge >= 0.3 is 0 Å². The fraction of sp³-hybridized carbons (Fsp3) is 0.208. The molecule has 1 heterocycles. The molecule has 13 aromatic carbocycles. The summed E-state index contributed by atoms with van der Waals surface area (Å²) in [7, 11) is -14.8. The number of hydrogen-bond acceptors (Lipinski definition) is 14. The minimum atomic E-state index is -3.73. The maximum atomic E-state index is 16.0. The highest BCUT2D eigenvalue weighted by molar-refractivity contribution is 7.80. The molecule has 0 unspecified atom stereocenters. The number of rotatable bonds is 36. The zero-order valence-corrected chi connectivity index (χ0v) is 76.0. The lowest BCUT2D eigenvalue weighted by molar-refractivity contribution is -0.114. The fourth-order valence-electron chi connectivity index (χ4n) is 17.0. The molecule has 0 saturated heterocycles. The van der Waals surface area contributed by atoms with Gasteiger partial charge in [0.1, 0.15) is 23.0 Å². The summed E-state index contributed by atoms with van der Waals surface area (Å²) in [5, 5.41) is 16.8. The molecule has 656 valence electrons. The summed E-state index contributed by atoms with van der Waals surface area (Å²) < 4.78 is 92.5. The smallest absolute Gasteiger partial charge is 0.261 e. The van der Waals surface area contributed by atoms with E-state index in [0.717, 1.165) is 0 Å². The van der Waals surface area contributed by atoms with Gasteiger partial charge in [0, 0.05) is 142 Å². The first-order valence-corrected chi connectivity index (χ1v) is 51.4. The van der Waals surface area contributed by atoms with Gasteiger partial charge in [0.25, 0.3) is 11.8 Å². The van der Waals surface area contributed by atoms with Gasteiger partial charge in [-0.1, -0.05) is 276 Å².